The van der Waals surface area contributed by atoms with E-state index in [1.165, 1.54) is 0 Å². The van der Waals surface area contributed by atoms with Crippen LogP contribution in [-0.4, -0.2) is 14.8 Å². The maximum atomic E-state index is 6.09. The molecule has 0 atom stereocenters. The topological polar surface area (TPSA) is 56.7 Å². The Hall–Kier alpha value is -1.84. The SMILES string of the molecule is Cc1c(C(C)(C)C)nn(-c2ccccn2)c1N. The molecule has 2 aromatic rings. The van der Waals surface area contributed by atoms with E-state index in [2.05, 4.69) is 30.9 Å². The fourth-order valence-electron chi connectivity index (χ4n) is 1.88. The number of anilines is 1. The summed E-state index contributed by atoms with van der Waals surface area (Å²) in [6.07, 6.45) is 1.74. The third-order valence-electron chi connectivity index (χ3n) is 2.74. The number of rotatable bonds is 1. The molecule has 0 fully saturated rings. The summed E-state index contributed by atoms with van der Waals surface area (Å²) >= 11 is 0. The lowest BCUT2D eigenvalue weighted by molar-refractivity contribution is 0.556. The maximum Gasteiger partial charge on any atom is 0.155 e. The zero-order valence-corrected chi connectivity index (χ0v) is 10.7. The fraction of sp³-hybridized carbons (Fsp3) is 0.385. The Morgan fingerprint density at radius 3 is 2.41 bits per heavy atom. The quantitative estimate of drug-likeness (QED) is 0.818. The van der Waals surface area contributed by atoms with Crippen molar-refractivity contribution in [3.63, 3.8) is 0 Å². The minimum atomic E-state index is -0.0156. The van der Waals surface area contributed by atoms with Gasteiger partial charge in [0.25, 0.3) is 0 Å². The van der Waals surface area contributed by atoms with Crippen molar-refractivity contribution < 1.29 is 0 Å². The minimum Gasteiger partial charge on any atom is -0.383 e. The van der Waals surface area contributed by atoms with Gasteiger partial charge in [-0.15, -0.1) is 0 Å². The molecule has 17 heavy (non-hydrogen) atoms. The van der Waals surface area contributed by atoms with Gasteiger partial charge in [0.1, 0.15) is 5.82 Å². The lowest BCUT2D eigenvalue weighted by Gasteiger charge is -2.15. The van der Waals surface area contributed by atoms with Crippen LogP contribution < -0.4 is 5.73 Å². The highest BCUT2D eigenvalue weighted by Crippen LogP contribution is 2.28. The van der Waals surface area contributed by atoms with Crippen LogP contribution in [0, 0.1) is 6.92 Å². The Morgan fingerprint density at radius 2 is 1.94 bits per heavy atom. The van der Waals surface area contributed by atoms with E-state index >= 15 is 0 Å². The van der Waals surface area contributed by atoms with Gasteiger partial charge in [0.15, 0.2) is 5.82 Å². The summed E-state index contributed by atoms with van der Waals surface area (Å²) in [6.45, 7) is 8.39. The molecular formula is C13H18N4. The predicted molar refractivity (Wildman–Crippen MR) is 69.2 cm³/mol. The van der Waals surface area contributed by atoms with Crippen LogP contribution in [0.5, 0.6) is 0 Å². The largest absolute Gasteiger partial charge is 0.383 e. The van der Waals surface area contributed by atoms with Crippen LogP contribution in [0.25, 0.3) is 5.82 Å². The molecule has 0 aromatic carbocycles. The zero-order chi connectivity index (χ0) is 12.6. The molecule has 0 bridgehead atoms. The Morgan fingerprint density at radius 1 is 1.24 bits per heavy atom. The van der Waals surface area contributed by atoms with Crippen molar-refractivity contribution in [1.29, 1.82) is 0 Å². The summed E-state index contributed by atoms with van der Waals surface area (Å²) in [6, 6.07) is 5.70. The van der Waals surface area contributed by atoms with Gasteiger partial charge in [-0.3, -0.25) is 0 Å². The first-order valence-corrected chi connectivity index (χ1v) is 5.68. The van der Waals surface area contributed by atoms with Crippen molar-refractivity contribution >= 4 is 5.82 Å². The van der Waals surface area contributed by atoms with Crippen molar-refractivity contribution in [3.05, 3.63) is 35.7 Å². The van der Waals surface area contributed by atoms with Crippen LogP contribution in [-0.2, 0) is 5.41 Å². The van der Waals surface area contributed by atoms with Gasteiger partial charge in [0.2, 0.25) is 0 Å². The summed E-state index contributed by atoms with van der Waals surface area (Å²) in [5, 5.41) is 4.58. The van der Waals surface area contributed by atoms with Gasteiger partial charge < -0.3 is 5.73 Å². The molecule has 4 heteroatoms. The molecule has 4 nitrogen and oxygen atoms in total. The average Bonchev–Trinajstić information content (AvgIpc) is 2.57. The van der Waals surface area contributed by atoms with Crippen molar-refractivity contribution in [2.24, 2.45) is 0 Å². The van der Waals surface area contributed by atoms with Gasteiger partial charge in [-0.25, -0.2) is 4.98 Å². The van der Waals surface area contributed by atoms with E-state index in [1.54, 1.807) is 10.9 Å². The molecule has 0 spiro atoms. The van der Waals surface area contributed by atoms with E-state index in [1.807, 2.05) is 25.1 Å². The first-order chi connectivity index (χ1) is 7.91. The molecule has 0 aliphatic carbocycles. The lowest BCUT2D eigenvalue weighted by Crippen LogP contribution is -2.14. The van der Waals surface area contributed by atoms with Gasteiger partial charge in [0, 0.05) is 17.2 Å². The van der Waals surface area contributed by atoms with Crippen LogP contribution in [0.3, 0.4) is 0 Å². The van der Waals surface area contributed by atoms with E-state index in [0.29, 0.717) is 5.82 Å². The van der Waals surface area contributed by atoms with Crippen molar-refractivity contribution in [2.75, 3.05) is 5.73 Å². The Labute approximate surface area is 101 Å². The summed E-state index contributed by atoms with van der Waals surface area (Å²) < 4.78 is 1.70. The molecule has 0 saturated carbocycles. The summed E-state index contributed by atoms with van der Waals surface area (Å²) in [5.74, 6) is 1.41. The fourth-order valence-corrected chi connectivity index (χ4v) is 1.88. The van der Waals surface area contributed by atoms with Crippen LogP contribution in [0.1, 0.15) is 32.0 Å². The second-order valence-corrected chi connectivity index (χ2v) is 5.21. The van der Waals surface area contributed by atoms with E-state index in [0.717, 1.165) is 17.1 Å². The highest BCUT2D eigenvalue weighted by atomic mass is 15.3. The Balaban J connectivity index is 2.59. The molecular weight excluding hydrogens is 212 g/mol. The Kier molecular flexibility index (Phi) is 2.65. The summed E-state index contributed by atoms with van der Waals surface area (Å²) in [5.41, 5.74) is 8.12. The Bertz CT molecular complexity index is 520. The van der Waals surface area contributed by atoms with Crippen molar-refractivity contribution in [1.82, 2.24) is 14.8 Å². The number of nitrogens with zero attached hydrogens (tertiary/aromatic N) is 3. The van der Waals surface area contributed by atoms with E-state index in [9.17, 15) is 0 Å². The number of aromatic nitrogens is 3. The number of hydrogen-bond donors (Lipinski definition) is 1. The molecule has 0 radical (unpaired) electrons. The normalized spacial score (nSPS) is 11.8. The van der Waals surface area contributed by atoms with Gasteiger partial charge in [0.05, 0.1) is 5.69 Å². The molecule has 0 unspecified atom stereocenters. The second kappa shape index (κ2) is 3.87. The van der Waals surface area contributed by atoms with Crippen molar-refractivity contribution in [3.8, 4) is 5.82 Å². The van der Waals surface area contributed by atoms with Crippen LogP contribution >= 0.6 is 0 Å². The average molecular weight is 230 g/mol. The van der Waals surface area contributed by atoms with Gasteiger partial charge in [-0.1, -0.05) is 26.8 Å². The van der Waals surface area contributed by atoms with Crippen molar-refractivity contribution in [2.45, 2.75) is 33.1 Å². The smallest absolute Gasteiger partial charge is 0.155 e. The van der Waals surface area contributed by atoms with E-state index in [4.69, 9.17) is 5.73 Å². The van der Waals surface area contributed by atoms with Crippen LogP contribution in [0.2, 0.25) is 0 Å². The van der Waals surface area contributed by atoms with Crippen LogP contribution in [0.4, 0.5) is 5.82 Å². The molecule has 0 aliphatic heterocycles. The number of pyridine rings is 1. The standard InChI is InChI=1S/C13H18N4/c1-9-11(13(2,3)4)16-17(12(9)14)10-7-5-6-8-15-10/h5-8H,14H2,1-4H3. The zero-order valence-electron chi connectivity index (χ0n) is 10.7. The third-order valence-corrected chi connectivity index (χ3v) is 2.74. The molecule has 0 aliphatic rings. The molecule has 90 valence electrons. The number of nitrogens with two attached hydrogens (primary N) is 1. The van der Waals surface area contributed by atoms with Gasteiger partial charge in [-0.05, 0) is 19.1 Å². The van der Waals surface area contributed by atoms with Gasteiger partial charge >= 0.3 is 0 Å². The van der Waals surface area contributed by atoms with Gasteiger partial charge in [-0.2, -0.15) is 9.78 Å². The highest BCUT2D eigenvalue weighted by Gasteiger charge is 2.23. The molecule has 2 N–H and O–H groups in total. The molecule has 0 amide bonds. The number of nitrogen functional groups attached to an aromatic ring is 1. The first kappa shape index (κ1) is 11.6. The first-order valence-electron chi connectivity index (χ1n) is 5.68. The summed E-state index contributed by atoms with van der Waals surface area (Å²) in [7, 11) is 0. The molecule has 2 aromatic heterocycles. The maximum absolute atomic E-state index is 6.09. The monoisotopic (exact) mass is 230 g/mol. The summed E-state index contributed by atoms with van der Waals surface area (Å²) in [4.78, 5) is 4.27. The highest BCUT2D eigenvalue weighted by molar-refractivity contribution is 5.49. The molecule has 0 saturated heterocycles. The number of hydrogen-bond acceptors (Lipinski definition) is 3. The second-order valence-electron chi connectivity index (χ2n) is 5.21. The molecule has 2 rings (SSSR count). The van der Waals surface area contributed by atoms with E-state index in [-0.39, 0.29) is 5.41 Å². The predicted octanol–water partition coefficient (Wildman–Crippen LogP) is 2.46. The van der Waals surface area contributed by atoms with E-state index < -0.39 is 0 Å². The van der Waals surface area contributed by atoms with Crippen LogP contribution in [0.15, 0.2) is 24.4 Å². The molecule has 2 heterocycles. The third kappa shape index (κ3) is 2.02. The minimum absolute atomic E-state index is 0.0156. The lowest BCUT2D eigenvalue weighted by atomic mass is 9.90.